The Morgan fingerprint density at radius 1 is 1.73 bits per heavy atom. The number of hydrogen-bond acceptors (Lipinski definition) is 2. The van der Waals surface area contributed by atoms with Gasteiger partial charge in [-0.2, -0.15) is 0 Å². The first-order valence-corrected chi connectivity index (χ1v) is 3.73. The number of primary amides is 1. The number of amides is 2. The summed E-state index contributed by atoms with van der Waals surface area (Å²) in [6.45, 7) is 0.701. The summed E-state index contributed by atoms with van der Waals surface area (Å²) in [4.78, 5) is 21.0. The van der Waals surface area contributed by atoms with Gasteiger partial charge in [0.05, 0.1) is 0 Å². The summed E-state index contributed by atoms with van der Waals surface area (Å²) in [6, 6.07) is 0. The van der Waals surface area contributed by atoms with Crippen LogP contribution >= 0.6 is 0 Å². The van der Waals surface area contributed by atoms with Crippen LogP contribution in [0.15, 0.2) is 0 Å². The first-order valence-electron chi connectivity index (χ1n) is 3.73. The number of nitrogens with two attached hydrogens (primary N) is 1. The highest BCUT2D eigenvalue weighted by atomic mass is 16.2. The van der Waals surface area contributed by atoms with Gasteiger partial charge in [0.25, 0.3) is 0 Å². The fourth-order valence-electron chi connectivity index (χ4n) is 1.22. The maximum atomic E-state index is 10.7. The highest BCUT2D eigenvalue weighted by Gasteiger charge is 2.21. The van der Waals surface area contributed by atoms with Crippen LogP contribution in [0.1, 0.15) is 19.3 Å². The highest BCUT2D eigenvalue weighted by Crippen LogP contribution is 2.14. The lowest BCUT2D eigenvalue weighted by molar-refractivity contribution is -0.120. The minimum absolute atomic E-state index is 0.0828. The lowest BCUT2D eigenvalue weighted by atomic mass is 10.0. The second-order valence-electron chi connectivity index (χ2n) is 2.88. The SMILES string of the molecule is NC(=O)CCC1CNC(=O)C1. The molecule has 0 bridgehead atoms. The van der Waals surface area contributed by atoms with E-state index in [1.807, 2.05) is 0 Å². The normalized spacial score (nSPS) is 23.3. The minimum Gasteiger partial charge on any atom is -0.370 e. The monoisotopic (exact) mass is 156 g/mol. The van der Waals surface area contributed by atoms with Crippen molar-refractivity contribution in [2.45, 2.75) is 19.3 Å². The van der Waals surface area contributed by atoms with Crippen molar-refractivity contribution in [1.29, 1.82) is 0 Å². The summed E-state index contributed by atoms with van der Waals surface area (Å²) in [5.74, 6) is 0.110. The molecule has 2 amide bonds. The summed E-state index contributed by atoms with van der Waals surface area (Å²) < 4.78 is 0. The summed E-state index contributed by atoms with van der Waals surface area (Å²) in [7, 11) is 0. The fraction of sp³-hybridized carbons (Fsp3) is 0.714. The maximum Gasteiger partial charge on any atom is 0.220 e. The van der Waals surface area contributed by atoms with Gasteiger partial charge in [0.15, 0.2) is 0 Å². The Labute approximate surface area is 65.1 Å². The van der Waals surface area contributed by atoms with E-state index in [2.05, 4.69) is 5.32 Å². The van der Waals surface area contributed by atoms with Crippen molar-refractivity contribution < 1.29 is 9.59 Å². The van der Waals surface area contributed by atoms with E-state index < -0.39 is 0 Å². The van der Waals surface area contributed by atoms with Gasteiger partial charge in [-0.05, 0) is 12.3 Å². The first kappa shape index (κ1) is 8.04. The fourth-order valence-corrected chi connectivity index (χ4v) is 1.22. The molecule has 1 atom stereocenters. The van der Waals surface area contributed by atoms with Crippen LogP contribution in [0.4, 0.5) is 0 Å². The van der Waals surface area contributed by atoms with Crippen LogP contribution in [-0.2, 0) is 9.59 Å². The quantitative estimate of drug-likeness (QED) is 0.572. The van der Waals surface area contributed by atoms with Gasteiger partial charge in [-0.1, -0.05) is 0 Å². The molecule has 0 aromatic rings. The van der Waals surface area contributed by atoms with Crippen LogP contribution < -0.4 is 11.1 Å². The van der Waals surface area contributed by atoms with Crippen LogP contribution in [0, 0.1) is 5.92 Å². The molecule has 1 saturated heterocycles. The molecular formula is C7H12N2O2. The van der Waals surface area contributed by atoms with Gasteiger partial charge in [0.1, 0.15) is 0 Å². The van der Waals surface area contributed by atoms with E-state index in [1.54, 1.807) is 0 Å². The molecule has 0 aliphatic carbocycles. The van der Waals surface area contributed by atoms with Crippen molar-refractivity contribution >= 4 is 11.8 Å². The predicted molar refractivity (Wildman–Crippen MR) is 39.5 cm³/mol. The number of rotatable bonds is 3. The smallest absolute Gasteiger partial charge is 0.220 e. The van der Waals surface area contributed by atoms with E-state index in [-0.39, 0.29) is 11.8 Å². The summed E-state index contributed by atoms with van der Waals surface area (Å²) in [5, 5.41) is 2.70. The second-order valence-corrected chi connectivity index (χ2v) is 2.88. The molecule has 0 aromatic heterocycles. The van der Waals surface area contributed by atoms with Crippen molar-refractivity contribution in [3.63, 3.8) is 0 Å². The molecule has 1 aliphatic rings. The third-order valence-electron chi connectivity index (χ3n) is 1.86. The maximum absolute atomic E-state index is 10.7. The van der Waals surface area contributed by atoms with Gasteiger partial charge in [-0.15, -0.1) is 0 Å². The molecule has 11 heavy (non-hydrogen) atoms. The van der Waals surface area contributed by atoms with Gasteiger partial charge in [0, 0.05) is 19.4 Å². The zero-order chi connectivity index (χ0) is 8.27. The van der Waals surface area contributed by atoms with Gasteiger partial charge in [-0.25, -0.2) is 0 Å². The van der Waals surface area contributed by atoms with Gasteiger partial charge in [0.2, 0.25) is 11.8 Å². The standard InChI is InChI=1S/C7H12N2O2/c8-6(10)2-1-5-3-7(11)9-4-5/h5H,1-4H2,(H2,8,10)(H,9,11). The van der Waals surface area contributed by atoms with Crippen molar-refractivity contribution in [2.75, 3.05) is 6.54 Å². The summed E-state index contributed by atoms with van der Waals surface area (Å²) in [6.07, 6.45) is 1.67. The molecule has 0 saturated carbocycles. The van der Waals surface area contributed by atoms with Crippen LogP contribution in [0.3, 0.4) is 0 Å². The van der Waals surface area contributed by atoms with Crippen molar-refractivity contribution in [2.24, 2.45) is 11.7 Å². The van der Waals surface area contributed by atoms with E-state index in [1.165, 1.54) is 0 Å². The van der Waals surface area contributed by atoms with Crippen molar-refractivity contribution in [3.8, 4) is 0 Å². The highest BCUT2D eigenvalue weighted by molar-refractivity contribution is 5.78. The van der Waals surface area contributed by atoms with Gasteiger partial charge >= 0.3 is 0 Å². The van der Waals surface area contributed by atoms with Gasteiger partial charge in [-0.3, -0.25) is 9.59 Å². The lowest BCUT2D eigenvalue weighted by Gasteiger charge is -2.02. The third-order valence-corrected chi connectivity index (χ3v) is 1.86. The molecule has 1 aliphatic heterocycles. The number of hydrogen-bond donors (Lipinski definition) is 2. The molecule has 1 heterocycles. The first-order chi connectivity index (χ1) is 5.18. The molecule has 0 radical (unpaired) electrons. The van der Waals surface area contributed by atoms with Crippen LogP contribution in [0.5, 0.6) is 0 Å². The zero-order valence-corrected chi connectivity index (χ0v) is 6.30. The van der Waals surface area contributed by atoms with E-state index >= 15 is 0 Å². The van der Waals surface area contributed by atoms with E-state index in [0.29, 0.717) is 25.3 Å². The molecule has 4 heteroatoms. The molecule has 4 nitrogen and oxygen atoms in total. The second kappa shape index (κ2) is 3.37. The largest absolute Gasteiger partial charge is 0.370 e. The van der Waals surface area contributed by atoms with Crippen LogP contribution in [-0.4, -0.2) is 18.4 Å². The number of carbonyl (C=O) groups excluding carboxylic acids is 2. The topological polar surface area (TPSA) is 72.2 Å². The summed E-state index contributed by atoms with van der Waals surface area (Å²) in [5.41, 5.74) is 4.96. The average molecular weight is 156 g/mol. The molecule has 0 spiro atoms. The molecular weight excluding hydrogens is 144 g/mol. The van der Waals surface area contributed by atoms with Crippen molar-refractivity contribution in [3.05, 3.63) is 0 Å². The van der Waals surface area contributed by atoms with Crippen molar-refractivity contribution in [1.82, 2.24) is 5.32 Å². The Morgan fingerprint density at radius 2 is 2.45 bits per heavy atom. The Morgan fingerprint density at radius 3 is 2.91 bits per heavy atom. The Hall–Kier alpha value is -1.06. The van der Waals surface area contributed by atoms with Crippen LogP contribution in [0.2, 0.25) is 0 Å². The molecule has 1 unspecified atom stereocenters. The Kier molecular flexibility index (Phi) is 2.46. The molecule has 1 rings (SSSR count). The van der Waals surface area contributed by atoms with E-state index in [0.717, 1.165) is 6.42 Å². The lowest BCUT2D eigenvalue weighted by Crippen LogP contribution is -2.15. The molecule has 0 aromatic carbocycles. The molecule has 1 fully saturated rings. The number of nitrogens with one attached hydrogen (secondary N) is 1. The molecule has 62 valence electrons. The number of carbonyl (C=O) groups is 2. The van der Waals surface area contributed by atoms with Gasteiger partial charge < -0.3 is 11.1 Å². The predicted octanol–water partition coefficient (Wildman–Crippen LogP) is -0.612. The zero-order valence-electron chi connectivity index (χ0n) is 6.30. The third kappa shape index (κ3) is 2.57. The summed E-state index contributed by atoms with van der Waals surface area (Å²) >= 11 is 0. The van der Waals surface area contributed by atoms with Crippen LogP contribution in [0.25, 0.3) is 0 Å². The average Bonchev–Trinajstić information content (AvgIpc) is 2.31. The Bertz CT molecular complexity index is 179. The molecule has 3 N–H and O–H groups in total. The van der Waals surface area contributed by atoms with E-state index in [4.69, 9.17) is 5.73 Å². The van der Waals surface area contributed by atoms with E-state index in [9.17, 15) is 9.59 Å². The Balaban J connectivity index is 2.18. The minimum atomic E-state index is -0.288.